The van der Waals surface area contributed by atoms with Crippen molar-refractivity contribution in [2.75, 3.05) is 38.8 Å². The molecule has 1 aliphatic rings. The van der Waals surface area contributed by atoms with Crippen LogP contribution < -0.4 is 4.90 Å². The monoisotopic (exact) mass is 265 g/mol. The first-order chi connectivity index (χ1) is 9.20. The smallest absolute Gasteiger partial charge is 0.358 e. The van der Waals surface area contributed by atoms with E-state index in [1.807, 2.05) is 11.9 Å². The van der Waals surface area contributed by atoms with Crippen LogP contribution in [-0.4, -0.2) is 49.9 Å². The van der Waals surface area contributed by atoms with Crippen LogP contribution in [0.1, 0.15) is 23.3 Å². The van der Waals surface area contributed by atoms with Crippen molar-refractivity contribution in [2.45, 2.75) is 12.8 Å². The van der Waals surface area contributed by atoms with E-state index in [1.165, 1.54) is 26.1 Å². The van der Waals surface area contributed by atoms with Crippen molar-refractivity contribution in [3.05, 3.63) is 18.1 Å². The zero-order valence-electron chi connectivity index (χ0n) is 11.3. The van der Waals surface area contributed by atoms with E-state index in [0.717, 1.165) is 12.5 Å². The second-order valence-electron chi connectivity index (χ2n) is 4.69. The van der Waals surface area contributed by atoms with E-state index in [-0.39, 0.29) is 5.69 Å². The van der Waals surface area contributed by atoms with Crippen LogP contribution in [-0.2, 0) is 9.47 Å². The number of hydrogen-bond donors (Lipinski definition) is 0. The van der Waals surface area contributed by atoms with Gasteiger partial charge in [-0.15, -0.1) is 0 Å². The molecule has 0 radical (unpaired) electrons. The number of carbonyl (C=O) groups is 1. The molecule has 0 atom stereocenters. The Bertz CT molecular complexity index is 435. The summed E-state index contributed by atoms with van der Waals surface area (Å²) < 4.78 is 10.2. The molecule has 0 bridgehead atoms. The summed E-state index contributed by atoms with van der Waals surface area (Å²) in [5, 5.41) is 0. The summed E-state index contributed by atoms with van der Waals surface area (Å²) in [6.45, 7) is 2.21. The van der Waals surface area contributed by atoms with Gasteiger partial charge in [-0.25, -0.2) is 9.78 Å². The number of anilines is 1. The molecule has 1 heterocycles. The van der Waals surface area contributed by atoms with Crippen LogP contribution in [0.25, 0.3) is 0 Å². The quantitative estimate of drug-likeness (QED) is 0.544. The molecule has 6 nitrogen and oxygen atoms in total. The van der Waals surface area contributed by atoms with Crippen molar-refractivity contribution < 1.29 is 14.3 Å². The molecule has 0 aromatic carbocycles. The molecule has 0 aliphatic heterocycles. The van der Waals surface area contributed by atoms with Crippen LogP contribution in [0.2, 0.25) is 0 Å². The number of likely N-dealkylation sites (N-methyl/N-ethyl adjacent to an activating group) is 1. The third kappa shape index (κ3) is 4.17. The van der Waals surface area contributed by atoms with E-state index < -0.39 is 5.97 Å². The fraction of sp³-hybridized carbons (Fsp3) is 0.615. The van der Waals surface area contributed by atoms with Crippen molar-refractivity contribution in [1.29, 1.82) is 0 Å². The predicted octanol–water partition coefficient (Wildman–Crippen LogP) is 1.13. The summed E-state index contributed by atoms with van der Waals surface area (Å²) in [4.78, 5) is 21.5. The highest BCUT2D eigenvalue weighted by molar-refractivity contribution is 5.87. The molecule has 104 valence electrons. The Morgan fingerprint density at radius 3 is 2.95 bits per heavy atom. The molecular weight excluding hydrogens is 246 g/mol. The van der Waals surface area contributed by atoms with E-state index in [9.17, 15) is 4.79 Å². The highest BCUT2D eigenvalue weighted by atomic mass is 16.5. The second-order valence-corrected chi connectivity index (χ2v) is 4.69. The average Bonchev–Trinajstić information content (AvgIpc) is 3.26. The molecule has 0 unspecified atom stereocenters. The second kappa shape index (κ2) is 6.47. The third-order valence-corrected chi connectivity index (χ3v) is 3.03. The van der Waals surface area contributed by atoms with Gasteiger partial charge < -0.3 is 14.4 Å². The number of aromatic nitrogens is 2. The van der Waals surface area contributed by atoms with E-state index in [2.05, 4.69) is 14.7 Å². The third-order valence-electron chi connectivity index (χ3n) is 3.03. The largest absolute Gasteiger partial charge is 0.464 e. The van der Waals surface area contributed by atoms with Gasteiger partial charge in [0.15, 0.2) is 5.69 Å². The van der Waals surface area contributed by atoms with Crippen molar-refractivity contribution >= 4 is 11.8 Å². The molecule has 0 spiro atoms. The van der Waals surface area contributed by atoms with Gasteiger partial charge in [0.05, 0.1) is 26.1 Å². The molecule has 2 rings (SSSR count). The van der Waals surface area contributed by atoms with Gasteiger partial charge in [-0.3, -0.25) is 4.98 Å². The maximum Gasteiger partial charge on any atom is 0.358 e. The zero-order chi connectivity index (χ0) is 13.7. The first kappa shape index (κ1) is 13.7. The van der Waals surface area contributed by atoms with Gasteiger partial charge in [-0.05, 0) is 18.8 Å². The normalized spacial score (nSPS) is 14.2. The molecule has 1 aliphatic carbocycles. The molecule has 1 aromatic heterocycles. The number of carbonyl (C=O) groups excluding carboxylic acids is 1. The summed E-state index contributed by atoms with van der Waals surface area (Å²) in [5.74, 6) is 0.929. The van der Waals surface area contributed by atoms with Gasteiger partial charge in [-0.2, -0.15) is 0 Å². The van der Waals surface area contributed by atoms with E-state index in [4.69, 9.17) is 4.74 Å². The maximum absolute atomic E-state index is 11.4. The first-order valence-corrected chi connectivity index (χ1v) is 6.40. The summed E-state index contributed by atoms with van der Waals surface area (Å²) in [6.07, 6.45) is 5.60. The minimum atomic E-state index is -0.479. The molecule has 0 amide bonds. The topological polar surface area (TPSA) is 64.5 Å². The van der Waals surface area contributed by atoms with E-state index in [0.29, 0.717) is 19.0 Å². The molecule has 0 N–H and O–H groups in total. The van der Waals surface area contributed by atoms with Gasteiger partial charge in [0, 0.05) is 20.2 Å². The predicted molar refractivity (Wildman–Crippen MR) is 70.2 cm³/mol. The number of hydrogen-bond acceptors (Lipinski definition) is 6. The van der Waals surface area contributed by atoms with Gasteiger partial charge in [-0.1, -0.05) is 0 Å². The lowest BCUT2D eigenvalue weighted by molar-refractivity contribution is 0.0593. The van der Waals surface area contributed by atoms with Crippen molar-refractivity contribution in [3.8, 4) is 0 Å². The van der Waals surface area contributed by atoms with Gasteiger partial charge in [0.25, 0.3) is 0 Å². The van der Waals surface area contributed by atoms with E-state index >= 15 is 0 Å². The standard InChI is InChI=1S/C13H19N3O3/c1-16(5-6-19-9-10-3-4-10)12-8-14-7-11(15-12)13(17)18-2/h7-8,10H,3-6,9H2,1-2H3. The molecule has 1 fully saturated rings. The minimum Gasteiger partial charge on any atom is -0.464 e. The lowest BCUT2D eigenvalue weighted by Gasteiger charge is -2.17. The highest BCUT2D eigenvalue weighted by Gasteiger charge is 2.21. The number of methoxy groups -OCH3 is 1. The number of esters is 1. The van der Waals surface area contributed by atoms with Crippen LogP contribution in [0.5, 0.6) is 0 Å². The summed E-state index contributed by atoms with van der Waals surface area (Å²) in [5.41, 5.74) is 0.214. The molecule has 1 saturated carbocycles. The summed E-state index contributed by atoms with van der Waals surface area (Å²) >= 11 is 0. The molecule has 6 heteroatoms. The summed E-state index contributed by atoms with van der Waals surface area (Å²) in [7, 11) is 3.22. The van der Waals surface area contributed by atoms with Gasteiger partial charge in [0.1, 0.15) is 5.82 Å². The van der Waals surface area contributed by atoms with Crippen molar-refractivity contribution in [3.63, 3.8) is 0 Å². The Morgan fingerprint density at radius 2 is 2.26 bits per heavy atom. The number of ether oxygens (including phenoxy) is 2. The van der Waals surface area contributed by atoms with Crippen LogP contribution in [0.15, 0.2) is 12.4 Å². The lowest BCUT2D eigenvalue weighted by Crippen LogP contribution is -2.24. The van der Waals surface area contributed by atoms with Crippen LogP contribution >= 0.6 is 0 Å². The maximum atomic E-state index is 11.4. The van der Waals surface area contributed by atoms with Gasteiger partial charge in [0.2, 0.25) is 0 Å². The Hall–Kier alpha value is -1.69. The number of rotatable bonds is 7. The van der Waals surface area contributed by atoms with Crippen LogP contribution in [0.3, 0.4) is 0 Å². The van der Waals surface area contributed by atoms with Gasteiger partial charge >= 0.3 is 5.97 Å². The average molecular weight is 265 g/mol. The fourth-order valence-corrected chi connectivity index (χ4v) is 1.59. The highest BCUT2D eigenvalue weighted by Crippen LogP contribution is 2.28. The number of nitrogens with zero attached hydrogens (tertiary/aromatic N) is 3. The van der Waals surface area contributed by atoms with Crippen molar-refractivity contribution in [2.24, 2.45) is 5.92 Å². The Morgan fingerprint density at radius 1 is 1.47 bits per heavy atom. The fourth-order valence-electron chi connectivity index (χ4n) is 1.59. The lowest BCUT2D eigenvalue weighted by atomic mass is 10.4. The zero-order valence-corrected chi connectivity index (χ0v) is 11.3. The molecular formula is C13H19N3O3. The molecule has 19 heavy (non-hydrogen) atoms. The Balaban J connectivity index is 1.82. The molecule has 1 aromatic rings. The SMILES string of the molecule is COC(=O)c1cncc(N(C)CCOCC2CC2)n1. The Labute approximate surface area is 112 Å². The molecule has 0 saturated heterocycles. The first-order valence-electron chi connectivity index (χ1n) is 6.40. The Kier molecular flexibility index (Phi) is 4.68. The minimum absolute atomic E-state index is 0.214. The summed E-state index contributed by atoms with van der Waals surface area (Å²) in [6, 6.07) is 0. The van der Waals surface area contributed by atoms with Crippen LogP contribution in [0, 0.1) is 5.92 Å². The van der Waals surface area contributed by atoms with E-state index in [1.54, 1.807) is 6.20 Å². The van der Waals surface area contributed by atoms with Crippen molar-refractivity contribution in [1.82, 2.24) is 9.97 Å². The van der Waals surface area contributed by atoms with Crippen LogP contribution in [0.4, 0.5) is 5.82 Å².